The third kappa shape index (κ3) is 3.21. The van der Waals surface area contributed by atoms with Crippen molar-refractivity contribution >= 4 is 43.2 Å². The number of rotatable bonds is 3. The van der Waals surface area contributed by atoms with E-state index in [1.807, 2.05) is 17.4 Å². The first-order valence-electron chi connectivity index (χ1n) is 7.03. The van der Waals surface area contributed by atoms with Gasteiger partial charge in [0.05, 0.1) is 0 Å². The maximum atomic E-state index is 6.25. The number of benzene rings is 1. The molecule has 2 aromatic rings. The van der Waals surface area contributed by atoms with E-state index in [-0.39, 0.29) is 6.10 Å². The highest BCUT2D eigenvalue weighted by atomic mass is 79.9. The first kappa shape index (κ1) is 15.5. The fourth-order valence-electron chi connectivity index (χ4n) is 2.70. The lowest BCUT2D eigenvalue weighted by molar-refractivity contribution is 0.155. The Kier molecular flexibility index (Phi) is 4.74. The molecule has 5 heteroatoms. The number of hydrogen-bond donors (Lipinski definition) is 1. The Bertz CT molecular complexity index is 636. The number of nitrogens with one attached hydrogen (secondary N) is 1. The quantitative estimate of drug-likeness (QED) is 0.668. The number of halogens is 2. The van der Waals surface area contributed by atoms with E-state index in [1.165, 1.54) is 19.8 Å². The molecule has 2 nitrogen and oxygen atoms in total. The number of fused-ring (bicyclic) bond motifs is 1. The smallest absolute Gasteiger partial charge is 0.135 e. The lowest BCUT2D eigenvalue weighted by atomic mass is 9.96. The first-order chi connectivity index (χ1) is 10.1. The second-order valence-corrected chi connectivity index (χ2v) is 8.25. The van der Waals surface area contributed by atoms with Gasteiger partial charge in [0.15, 0.2) is 0 Å². The zero-order valence-electron chi connectivity index (χ0n) is 12.0. The number of aryl methyl sites for hydroxylation is 1. The summed E-state index contributed by atoms with van der Waals surface area (Å²) in [5.41, 5.74) is 1.25. The van der Waals surface area contributed by atoms with Gasteiger partial charge in [-0.15, -0.1) is 11.3 Å². The summed E-state index contributed by atoms with van der Waals surface area (Å²) in [5, 5.41) is 3.58. The van der Waals surface area contributed by atoms with Gasteiger partial charge in [0, 0.05) is 36.7 Å². The normalized spacial score (nSPS) is 21.0. The molecule has 1 N–H and O–H groups in total. The molecule has 0 amide bonds. The average molecular weight is 431 g/mol. The number of thiophene rings is 1. The Hall–Kier alpha value is -0.360. The zero-order valence-corrected chi connectivity index (χ0v) is 15.9. The van der Waals surface area contributed by atoms with E-state index in [2.05, 4.69) is 69.2 Å². The molecule has 0 bridgehead atoms. The molecule has 0 spiro atoms. The molecule has 0 aliphatic carbocycles. The minimum atomic E-state index is 0.123. The van der Waals surface area contributed by atoms with Crippen molar-refractivity contribution in [3.05, 3.63) is 48.5 Å². The highest BCUT2D eigenvalue weighted by Gasteiger charge is 2.30. The second-order valence-electron chi connectivity index (χ2n) is 5.19. The van der Waals surface area contributed by atoms with Crippen LogP contribution in [-0.4, -0.2) is 6.54 Å². The van der Waals surface area contributed by atoms with Crippen LogP contribution < -0.4 is 10.1 Å². The largest absolute Gasteiger partial charge is 0.484 e. The van der Waals surface area contributed by atoms with Crippen LogP contribution in [0.25, 0.3) is 0 Å². The molecule has 3 rings (SSSR count). The molecular formula is C16H17Br2NOS. The number of ether oxygens (including phenoxy) is 1. The highest BCUT2D eigenvalue weighted by molar-refractivity contribution is 9.10. The van der Waals surface area contributed by atoms with Crippen molar-refractivity contribution in [2.75, 3.05) is 6.54 Å². The van der Waals surface area contributed by atoms with Crippen LogP contribution in [0.5, 0.6) is 5.75 Å². The van der Waals surface area contributed by atoms with E-state index in [4.69, 9.17) is 4.74 Å². The third-order valence-corrected chi connectivity index (χ3v) is 6.43. The molecule has 1 aliphatic heterocycles. The number of hydrogen-bond acceptors (Lipinski definition) is 3. The van der Waals surface area contributed by atoms with Gasteiger partial charge >= 0.3 is 0 Å². The van der Waals surface area contributed by atoms with Gasteiger partial charge in [-0.25, -0.2) is 0 Å². The van der Waals surface area contributed by atoms with Gasteiger partial charge in [-0.3, -0.25) is 0 Å². The Morgan fingerprint density at radius 1 is 1.33 bits per heavy atom. The predicted octanol–water partition coefficient (Wildman–Crippen LogP) is 5.76. The summed E-state index contributed by atoms with van der Waals surface area (Å²) >= 11 is 8.97. The Balaban J connectivity index is 1.95. The molecule has 0 saturated carbocycles. The second kappa shape index (κ2) is 6.41. The summed E-state index contributed by atoms with van der Waals surface area (Å²) in [5.74, 6) is 0.988. The lowest BCUT2D eigenvalue weighted by Crippen LogP contribution is -2.28. The van der Waals surface area contributed by atoms with Crippen molar-refractivity contribution in [2.45, 2.75) is 32.4 Å². The zero-order chi connectivity index (χ0) is 15.0. The van der Waals surface area contributed by atoms with E-state index >= 15 is 0 Å². The molecule has 0 fully saturated rings. The van der Waals surface area contributed by atoms with Gasteiger partial charge in [-0.05, 0) is 53.7 Å². The summed E-state index contributed by atoms with van der Waals surface area (Å²) in [6.45, 7) is 5.23. The van der Waals surface area contributed by atoms with Crippen molar-refractivity contribution in [1.82, 2.24) is 5.32 Å². The molecular weight excluding hydrogens is 414 g/mol. The molecule has 2 heterocycles. The summed E-state index contributed by atoms with van der Waals surface area (Å²) in [4.78, 5) is 2.59. The maximum Gasteiger partial charge on any atom is 0.135 e. The van der Waals surface area contributed by atoms with Crippen LogP contribution in [-0.2, 0) is 0 Å². The molecule has 0 saturated heterocycles. The standard InChI is InChI=1S/C16H17Br2NOS/c1-3-19-13-8-15(16-7-12(18)9(2)21-16)20-14-5-4-10(17)6-11(13)14/h4-7,13,15,19H,3,8H2,1-2H3. The van der Waals surface area contributed by atoms with E-state index in [9.17, 15) is 0 Å². The average Bonchev–Trinajstić information content (AvgIpc) is 2.79. The summed E-state index contributed by atoms with van der Waals surface area (Å²) in [6, 6.07) is 8.79. The van der Waals surface area contributed by atoms with Gasteiger partial charge in [0.1, 0.15) is 11.9 Å². The minimum Gasteiger partial charge on any atom is -0.484 e. The van der Waals surface area contributed by atoms with E-state index in [1.54, 1.807) is 0 Å². The SMILES string of the molecule is CCNC1CC(c2cc(Br)c(C)s2)Oc2ccc(Br)cc21. The highest BCUT2D eigenvalue weighted by Crippen LogP contribution is 2.44. The molecule has 1 aromatic carbocycles. The van der Waals surface area contributed by atoms with E-state index in [0.717, 1.165) is 23.2 Å². The van der Waals surface area contributed by atoms with Crippen molar-refractivity contribution in [2.24, 2.45) is 0 Å². The minimum absolute atomic E-state index is 0.123. The fraction of sp³-hybridized carbons (Fsp3) is 0.375. The summed E-state index contributed by atoms with van der Waals surface area (Å²) in [7, 11) is 0. The molecule has 0 radical (unpaired) electrons. The van der Waals surface area contributed by atoms with Gasteiger partial charge < -0.3 is 10.1 Å². The molecule has 2 unspecified atom stereocenters. The first-order valence-corrected chi connectivity index (χ1v) is 9.44. The van der Waals surface area contributed by atoms with Crippen molar-refractivity contribution < 1.29 is 4.74 Å². The monoisotopic (exact) mass is 429 g/mol. The van der Waals surface area contributed by atoms with Crippen LogP contribution in [0, 0.1) is 6.92 Å². The van der Waals surface area contributed by atoms with Crippen LogP contribution in [0.4, 0.5) is 0 Å². The van der Waals surface area contributed by atoms with Crippen molar-refractivity contribution in [3.63, 3.8) is 0 Å². The van der Waals surface area contributed by atoms with Crippen LogP contribution in [0.1, 0.15) is 40.8 Å². The Morgan fingerprint density at radius 2 is 2.14 bits per heavy atom. The van der Waals surface area contributed by atoms with Gasteiger partial charge in [-0.2, -0.15) is 0 Å². The topological polar surface area (TPSA) is 21.3 Å². The summed E-state index contributed by atoms with van der Waals surface area (Å²) < 4.78 is 8.52. The Labute approximate surface area is 146 Å². The molecule has 1 aliphatic rings. The molecule has 1 aromatic heterocycles. The van der Waals surface area contributed by atoms with Crippen molar-refractivity contribution in [3.8, 4) is 5.75 Å². The molecule has 112 valence electrons. The molecule has 21 heavy (non-hydrogen) atoms. The maximum absolute atomic E-state index is 6.25. The fourth-order valence-corrected chi connectivity index (χ4v) is 4.68. The molecule has 2 atom stereocenters. The van der Waals surface area contributed by atoms with Crippen LogP contribution >= 0.6 is 43.2 Å². The third-order valence-electron chi connectivity index (χ3n) is 3.71. The van der Waals surface area contributed by atoms with E-state index in [0.29, 0.717) is 6.04 Å². The van der Waals surface area contributed by atoms with Crippen LogP contribution in [0.2, 0.25) is 0 Å². The van der Waals surface area contributed by atoms with E-state index < -0.39 is 0 Å². The van der Waals surface area contributed by atoms with Gasteiger partial charge in [0.25, 0.3) is 0 Å². The summed E-state index contributed by atoms with van der Waals surface area (Å²) in [6.07, 6.45) is 1.08. The van der Waals surface area contributed by atoms with Crippen molar-refractivity contribution in [1.29, 1.82) is 0 Å². The van der Waals surface area contributed by atoms with Gasteiger partial charge in [-0.1, -0.05) is 22.9 Å². The van der Waals surface area contributed by atoms with Crippen LogP contribution in [0.3, 0.4) is 0 Å². The lowest BCUT2D eigenvalue weighted by Gasteiger charge is -2.32. The Morgan fingerprint density at radius 3 is 2.81 bits per heavy atom. The van der Waals surface area contributed by atoms with Crippen LogP contribution in [0.15, 0.2) is 33.2 Å². The van der Waals surface area contributed by atoms with Gasteiger partial charge in [0.2, 0.25) is 0 Å². The predicted molar refractivity (Wildman–Crippen MR) is 95.3 cm³/mol.